The van der Waals surface area contributed by atoms with Crippen LogP contribution in [0.1, 0.15) is 24.2 Å². The number of carbonyl (C=O) groups is 1. The van der Waals surface area contributed by atoms with Crippen LogP contribution in [-0.4, -0.2) is 41.8 Å². The standard InChI is InChI=1S/C10H15N3O3S/c1-7-10(8(2)12-11-7)17(15,16)13-5-3-4-9(13)6-14/h6,9H,3-5H2,1-2H3,(H,11,12). The molecule has 1 fully saturated rings. The Hall–Kier alpha value is -1.21. The average molecular weight is 257 g/mol. The maximum atomic E-state index is 12.4. The maximum Gasteiger partial charge on any atom is 0.247 e. The van der Waals surface area contributed by atoms with Gasteiger partial charge in [0.2, 0.25) is 10.0 Å². The summed E-state index contributed by atoms with van der Waals surface area (Å²) in [7, 11) is -3.61. The zero-order valence-electron chi connectivity index (χ0n) is 9.80. The SMILES string of the molecule is Cc1n[nH]c(C)c1S(=O)(=O)N1CCCC1C=O. The van der Waals surface area contributed by atoms with E-state index < -0.39 is 16.1 Å². The van der Waals surface area contributed by atoms with E-state index in [2.05, 4.69) is 10.2 Å². The molecule has 1 aromatic heterocycles. The second-order valence-electron chi connectivity index (χ2n) is 4.22. The van der Waals surface area contributed by atoms with Gasteiger partial charge in [-0.05, 0) is 26.7 Å². The predicted molar refractivity (Wildman–Crippen MR) is 61.0 cm³/mol. The fraction of sp³-hybridized carbons (Fsp3) is 0.600. The molecule has 1 aromatic rings. The molecule has 1 aliphatic heterocycles. The number of aromatic nitrogens is 2. The number of aryl methyl sites for hydroxylation is 2. The third-order valence-electron chi connectivity index (χ3n) is 3.03. The lowest BCUT2D eigenvalue weighted by Crippen LogP contribution is -2.36. The minimum absolute atomic E-state index is 0.200. The zero-order chi connectivity index (χ0) is 12.6. The van der Waals surface area contributed by atoms with Crippen LogP contribution < -0.4 is 0 Å². The van der Waals surface area contributed by atoms with Crippen LogP contribution in [0.4, 0.5) is 0 Å². The van der Waals surface area contributed by atoms with E-state index in [1.165, 1.54) is 4.31 Å². The van der Waals surface area contributed by atoms with E-state index >= 15 is 0 Å². The molecule has 6 nitrogen and oxygen atoms in total. The van der Waals surface area contributed by atoms with Gasteiger partial charge in [-0.2, -0.15) is 9.40 Å². The van der Waals surface area contributed by atoms with Crippen molar-refractivity contribution in [2.45, 2.75) is 37.6 Å². The highest BCUT2D eigenvalue weighted by Crippen LogP contribution is 2.27. The summed E-state index contributed by atoms with van der Waals surface area (Å²) in [6.07, 6.45) is 2.02. The average Bonchev–Trinajstić information content (AvgIpc) is 2.85. The lowest BCUT2D eigenvalue weighted by molar-refractivity contribution is -0.110. The number of hydrogen-bond acceptors (Lipinski definition) is 4. The van der Waals surface area contributed by atoms with Crippen LogP contribution in [0.2, 0.25) is 0 Å². The molecule has 0 radical (unpaired) electrons. The molecule has 0 saturated carbocycles. The van der Waals surface area contributed by atoms with Crippen molar-refractivity contribution in [3.05, 3.63) is 11.4 Å². The van der Waals surface area contributed by atoms with Gasteiger partial charge in [-0.15, -0.1) is 0 Å². The van der Waals surface area contributed by atoms with Crippen molar-refractivity contribution in [3.8, 4) is 0 Å². The second kappa shape index (κ2) is 4.23. The van der Waals surface area contributed by atoms with Crippen LogP contribution in [0.25, 0.3) is 0 Å². The predicted octanol–water partition coefficient (Wildman–Crippen LogP) is 0.379. The molecule has 94 valence electrons. The molecule has 1 unspecified atom stereocenters. The Kier molecular flexibility index (Phi) is 3.05. The van der Waals surface area contributed by atoms with Crippen molar-refractivity contribution in [2.24, 2.45) is 0 Å². The van der Waals surface area contributed by atoms with E-state index in [1.807, 2.05) is 0 Å². The largest absolute Gasteiger partial charge is 0.302 e. The van der Waals surface area contributed by atoms with Crippen LogP contribution in [0.5, 0.6) is 0 Å². The van der Waals surface area contributed by atoms with Gasteiger partial charge in [-0.3, -0.25) is 5.10 Å². The molecule has 1 atom stereocenters. The van der Waals surface area contributed by atoms with Gasteiger partial charge in [-0.25, -0.2) is 8.42 Å². The van der Waals surface area contributed by atoms with E-state index in [4.69, 9.17) is 0 Å². The molecule has 0 aromatic carbocycles. The van der Waals surface area contributed by atoms with Crippen LogP contribution in [0.3, 0.4) is 0 Å². The van der Waals surface area contributed by atoms with Gasteiger partial charge in [0, 0.05) is 6.54 Å². The summed E-state index contributed by atoms with van der Waals surface area (Å²) in [4.78, 5) is 11.1. The Morgan fingerprint density at radius 3 is 2.71 bits per heavy atom. The highest BCUT2D eigenvalue weighted by Gasteiger charge is 2.37. The van der Waals surface area contributed by atoms with Gasteiger partial charge in [0.1, 0.15) is 11.2 Å². The number of aromatic amines is 1. The summed E-state index contributed by atoms with van der Waals surface area (Å²) >= 11 is 0. The first-order chi connectivity index (χ1) is 7.98. The molecule has 1 saturated heterocycles. The van der Waals surface area contributed by atoms with E-state index in [0.29, 0.717) is 30.6 Å². The van der Waals surface area contributed by atoms with Crippen molar-refractivity contribution < 1.29 is 13.2 Å². The van der Waals surface area contributed by atoms with E-state index in [1.54, 1.807) is 13.8 Å². The fourth-order valence-corrected chi connectivity index (χ4v) is 4.21. The minimum atomic E-state index is -3.61. The molecule has 7 heteroatoms. The summed E-state index contributed by atoms with van der Waals surface area (Å²) in [5, 5.41) is 6.54. The molecular formula is C10H15N3O3S. The maximum absolute atomic E-state index is 12.4. The number of H-pyrrole nitrogens is 1. The molecule has 2 heterocycles. The number of carbonyl (C=O) groups excluding carboxylic acids is 1. The van der Waals surface area contributed by atoms with Crippen LogP contribution in [0.15, 0.2) is 4.90 Å². The number of nitrogens with one attached hydrogen (secondary N) is 1. The molecule has 0 amide bonds. The van der Waals surface area contributed by atoms with E-state index in [9.17, 15) is 13.2 Å². The first-order valence-electron chi connectivity index (χ1n) is 5.47. The number of aldehydes is 1. The fourth-order valence-electron chi connectivity index (χ4n) is 2.24. The monoisotopic (exact) mass is 257 g/mol. The minimum Gasteiger partial charge on any atom is -0.302 e. The molecule has 1 aliphatic rings. The first-order valence-corrected chi connectivity index (χ1v) is 6.91. The summed E-state index contributed by atoms with van der Waals surface area (Å²) in [6, 6.07) is -0.534. The van der Waals surface area contributed by atoms with E-state index in [0.717, 1.165) is 6.42 Å². The third-order valence-corrected chi connectivity index (χ3v) is 5.22. The number of hydrogen-bond donors (Lipinski definition) is 1. The molecule has 1 N–H and O–H groups in total. The van der Waals surface area contributed by atoms with Gasteiger partial charge in [0.25, 0.3) is 0 Å². The van der Waals surface area contributed by atoms with Gasteiger partial charge < -0.3 is 4.79 Å². The van der Waals surface area contributed by atoms with Crippen molar-refractivity contribution in [1.29, 1.82) is 0 Å². The lowest BCUT2D eigenvalue weighted by atomic mass is 10.2. The Morgan fingerprint density at radius 1 is 1.47 bits per heavy atom. The molecule has 2 rings (SSSR count). The van der Waals surface area contributed by atoms with Gasteiger partial charge in [-0.1, -0.05) is 0 Å². The Bertz CT molecular complexity index is 515. The van der Waals surface area contributed by atoms with Gasteiger partial charge in [0.05, 0.1) is 17.4 Å². The quantitative estimate of drug-likeness (QED) is 0.793. The summed E-state index contributed by atoms with van der Waals surface area (Å²) in [6.45, 7) is 3.71. The second-order valence-corrected chi connectivity index (χ2v) is 6.05. The number of rotatable bonds is 3. The summed E-state index contributed by atoms with van der Waals surface area (Å²) < 4.78 is 26.1. The molecule has 0 bridgehead atoms. The van der Waals surface area contributed by atoms with Crippen molar-refractivity contribution in [2.75, 3.05) is 6.54 Å². The molecule has 17 heavy (non-hydrogen) atoms. The van der Waals surface area contributed by atoms with Crippen molar-refractivity contribution in [1.82, 2.24) is 14.5 Å². The van der Waals surface area contributed by atoms with Crippen molar-refractivity contribution >= 4 is 16.3 Å². The van der Waals surface area contributed by atoms with E-state index in [-0.39, 0.29) is 4.90 Å². The van der Waals surface area contributed by atoms with Crippen LogP contribution in [-0.2, 0) is 14.8 Å². The summed E-state index contributed by atoms with van der Waals surface area (Å²) in [5.74, 6) is 0. The normalized spacial score (nSPS) is 21.9. The third kappa shape index (κ3) is 1.89. The highest BCUT2D eigenvalue weighted by atomic mass is 32.2. The number of sulfonamides is 1. The molecular weight excluding hydrogens is 242 g/mol. The Morgan fingerprint density at radius 2 is 2.18 bits per heavy atom. The number of nitrogens with zero attached hydrogens (tertiary/aromatic N) is 2. The van der Waals surface area contributed by atoms with Gasteiger partial charge >= 0.3 is 0 Å². The van der Waals surface area contributed by atoms with Crippen molar-refractivity contribution in [3.63, 3.8) is 0 Å². The summed E-state index contributed by atoms with van der Waals surface area (Å²) in [5.41, 5.74) is 0.957. The lowest BCUT2D eigenvalue weighted by Gasteiger charge is -2.19. The topological polar surface area (TPSA) is 83.1 Å². The smallest absolute Gasteiger partial charge is 0.247 e. The molecule has 0 aliphatic carbocycles. The molecule has 0 spiro atoms. The Balaban J connectivity index is 2.47. The van der Waals surface area contributed by atoms with Crippen LogP contribution in [0, 0.1) is 13.8 Å². The zero-order valence-corrected chi connectivity index (χ0v) is 10.6. The van der Waals surface area contributed by atoms with Gasteiger partial charge in [0.15, 0.2) is 0 Å². The highest BCUT2D eigenvalue weighted by molar-refractivity contribution is 7.89. The van der Waals surface area contributed by atoms with Crippen LogP contribution >= 0.6 is 0 Å². The Labute approximate surface area is 100 Å². The first kappa shape index (κ1) is 12.3.